The van der Waals surface area contributed by atoms with E-state index in [9.17, 15) is 9.59 Å². The van der Waals surface area contributed by atoms with Crippen LogP contribution in [-0.4, -0.2) is 67.4 Å². The molecule has 1 aromatic carbocycles. The number of fused-ring (bicyclic) bond motifs is 2. The van der Waals surface area contributed by atoms with E-state index >= 15 is 0 Å². The van der Waals surface area contributed by atoms with Crippen LogP contribution in [0.25, 0.3) is 27.7 Å². The molecule has 4 heterocycles. The molecule has 2 amide bonds. The van der Waals surface area contributed by atoms with Crippen molar-refractivity contribution in [1.82, 2.24) is 29.4 Å². The normalized spacial score (nSPS) is 17.0. The number of hydrogen-bond donors (Lipinski definition) is 2. The van der Waals surface area contributed by atoms with Gasteiger partial charge in [-0.2, -0.15) is 9.61 Å². The van der Waals surface area contributed by atoms with Crippen molar-refractivity contribution >= 4 is 50.6 Å². The van der Waals surface area contributed by atoms with Gasteiger partial charge >= 0.3 is 6.03 Å². The average molecular weight is 509 g/mol. The van der Waals surface area contributed by atoms with Crippen LogP contribution < -0.4 is 11.5 Å². The molecule has 5 rings (SSSR count). The van der Waals surface area contributed by atoms with E-state index in [1.807, 2.05) is 24.3 Å². The van der Waals surface area contributed by atoms with Gasteiger partial charge in [0.25, 0.3) is 0 Å². The fourth-order valence-electron chi connectivity index (χ4n) is 4.19. The van der Waals surface area contributed by atoms with Gasteiger partial charge in [0.15, 0.2) is 5.65 Å². The number of nitrogen functional groups attached to an aromatic ring is 1. The molecule has 0 aliphatic carbocycles. The lowest BCUT2D eigenvalue weighted by Gasteiger charge is -2.37. The summed E-state index contributed by atoms with van der Waals surface area (Å²) in [6.45, 7) is 1.74. The number of benzene rings is 1. The quantitative estimate of drug-likeness (QED) is 0.402. The minimum atomic E-state index is -0.593. The molecule has 1 saturated heterocycles. The van der Waals surface area contributed by atoms with Crippen LogP contribution in [0.3, 0.4) is 0 Å². The molecular formula is C22H21BrN8O2. The molecule has 1 unspecified atom stereocenters. The number of rotatable bonds is 4. The van der Waals surface area contributed by atoms with E-state index in [1.165, 1.54) is 4.90 Å². The number of aldehydes is 1. The van der Waals surface area contributed by atoms with E-state index in [4.69, 9.17) is 16.5 Å². The zero-order valence-electron chi connectivity index (χ0n) is 17.6. The molecule has 33 heavy (non-hydrogen) atoms. The summed E-state index contributed by atoms with van der Waals surface area (Å²) in [6.07, 6.45) is 4.28. The van der Waals surface area contributed by atoms with E-state index in [0.29, 0.717) is 47.8 Å². The van der Waals surface area contributed by atoms with Gasteiger partial charge in [0.1, 0.15) is 18.1 Å². The number of nitrogens with two attached hydrogens (primary N) is 2. The summed E-state index contributed by atoms with van der Waals surface area (Å²) in [7, 11) is 0. The van der Waals surface area contributed by atoms with Gasteiger partial charge < -0.3 is 21.2 Å². The third kappa shape index (κ3) is 3.79. The summed E-state index contributed by atoms with van der Waals surface area (Å²) >= 11 is 3.55. The predicted octanol–water partition coefficient (Wildman–Crippen LogP) is 2.05. The fourth-order valence-corrected chi connectivity index (χ4v) is 4.57. The second kappa shape index (κ2) is 8.41. The van der Waals surface area contributed by atoms with Gasteiger partial charge in [-0.3, -0.25) is 9.88 Å². The molecule has 1 aliphatic rings. The maximum atomic E-state index is 11.6. The first-order valence-electron chi connectivity index (χ1n) is 10.4. The molecule has 4 N–H and O–H groups in total. The SMILES string of the molecule is NC(=O)N1CCN(Cc2nc3c(-c4cnc5ccccc5c4)cnn3c(N)c2Br)CC1C=O. The summed E-state index contributed by atoms with van der Waals surface area (Å²) in [5.41, 5.74) is 15.7. The van der Waals surface area contributed by atoms with Crippen molar-refractivity contribution in [1.29, 1.82) is 0 Å². The molecule has 4 aromatic rings. The number of piperazine rings is 1. The van der Waals surface area contributed by atoms with Crippen LogP contribution >= 0.6 is 15.9 Å². The first-order chi connectivity index (χ1) is 16.0. The number of amides is 2. The Kier molecular flexibility index (Phi) is 5.43. The van der Waals surface area contributed by atoms with Crippen LogP contribution in [-0.2, 0) is 11.3 Å². The number of urea groups is 1. The number of aromatic nitrogens is 4. The lowest BCUT2D eigenvalue weighted by molar-refractivity contribution is -0.113. The number of nitrogens with zero attached hydrogens (tertiary/aromatic N) is 6. The van der Waals surface area contributed by atoms with Crippen molar-refractivity contribution in [3.63, 3.8) is 0 Å². The van der Waals surface area contributed by atoms with Crippen LogP contribution in [0.4, 0.5) is 10.6 Å². The second-order valence-electron chi connectivity index (χ2n) is 7.94. The van der Waals surface area contributed by atoms with E-state index in [2.05, 4.69) is 37.0 Å². The van der Waals surface area contributed by atoms with E-state index < -0.39 is 12.1 Å². The van der Waals surface area contributed by atoms with Gasteiger partial charge in [-0.15, -0.1) is 0 Å². The van der Waals surface area contributed by atoms with Crippen LogP contribution in [0.15, 0.2) is 47.2 Å². The minimum Gasteiger partial charge on any atom is -0.383 e. The second-order valence-corrected chi connectivity index (χ2v) is 8.73. The third-order valence-corrected chi connectivity index (χ3v) is 6.77. The Labute approximate surface area is 197 Å². The van der Waals surface area contributed by atoms with Crippen molar-refractivity contribution in [3.05, 3.63) is 52.9 Å². The average Bonchev–Trinajstić information content (AvgIpc) is 3.25. The molecule has 168 valence electrons. The van der Waals surface area contributed by atoms with Crippen molar-refractivity contribution in [3.8, 4) is 11.1 Å². The summed E-state index contributed by atoms with van der Waals surface area (Å²) in [6, 6.07) is 8.77. The standard InChI is InChI=1S/C22H21BrN8O2/c23-19-18(11-29-5-6-30(22(25)33)15(10-29)12-32)28-21-16(9-27-31(21)20(19)24)14-7-13-3-1-2-4-17(13)26-8-14/h1-4,7-9,12,15H,5-6,10-11,24H2,(H2,25,33). The Morgan fingerprint density at radius 1 is 1.24 bits per heavy atom. The number of primary amides is 1. The first-order valence-corrected chi connectivity index (χ1v) is 11.2. The van der Waals surface area contributed by atoms with Crippen molar-refractivity contribution in [2.24, 2.45) is 5.73 Å². The Morgan fingerprint density at radius 3 is 2.85 bits per heavy atom. The number of para-hydroxylation sites is 1. The fraction of sp³-hybridized carbons (Fsp3) is 0.227. The number of carbonyl (C=O) groups excluding carboxylic acids is 2. The lowest BCUT2D eigenvalue weighted by Crippen LogP contribution is -2.57. The van der Waals surface area contributed by atoms with Crippen LogP contribution in [0.2, 0.25) is 0 Å². The molecule has 0 radical (unpaired) electrons. The van der Waals surface area contributed by atoms with Gasteiger partial charge in [-0.1, -0.05) is 18.2 Å². The number of pyridine rings is 1. The van der Waals surface area contributed by atoms with Gasteiger partial charge in [-0.05, 0) is 28.1 Å². The van der Waals surface area contributed by atoms with Crippen molar-refractivity contribution < 1.29 is 9.59 Å². The number of carbonyl (C=O) groups is 2. The number of hydrogen-bond acceptors (Lipinski definition) is 7. The monoisotopic (exact) mass is 508 g/mol. The number of anilines is 1. The Morgan fingerprint density at radius 2 is 2.06 bits per heavy atom. The molecule has 0 spiro atoms. The highest BCUT2D eigenvalue weighted by molar-refractivity contribution is 9.10. The van der Waals surface area contributed by atoms with Crippen LogP contribution in [0.1, 0.15) is 5.69 Å². The maximum Gasteiger partial charge on any atom is 0.315 e. The summed E-state index contributed by atoms with van der Waals surface area (Å²) < 4.78 is 2.23. The van der Waals surface area contributed by atoms with Crippen molar-refractivity contribution in [2.75, 3.05) is 25.4 Å². The smallest absolute Gasteiger partial charge is 0.315 e. The van der Waals surface area contributed by atoms with E-state index in [-0.39, 0.29) is 0 Å². The van der Waals surface area contributed by atoms with Crippen molar-refractivity contribution in [2.45, 2.75) is 12.6 Å². The first kappa shape index (κ1) is 21.3. The highest BCUT2D eigenvalue weighted by Crippen LogP contribution is 2.31. The van der Waals surface area contributed by atoms with E-state index in [1.54, 1.807) is 16.9 Å². The molecule has 1 atom stereocenters. The van der Waals surface area contributed by atoms with Crippen LogP contribution in [0.5, 0.6) is 0 Å². The highest BCUT2D eigenvalue weighted by Gasteiger charge is 2.30. The molecule has 11 heteroatoms. The Balaban J connectivity index is 1.51. The molecule has 0 saturated carbocycles. The van der Waals surface area contributed by atoms with Gasteiger partial charge in [0, 0.05) is 48.9 Å². The molecule has 0 bridgehead atoms. The molecule has 10 nitrogen and oxygen atoms in total. The third-order valence-electron chi connectivity index (χ3n) is 5.91. The zero-order chi connectivity index (χ0) is 23.1. The maximum absolute atomic E-state index is 11.6. The Hall–Kier alpha value is -3.57. The van der Waals surface area contributed by atoms with Gasteiger partial charge in [-0.25, -0.2) is 9.78 Å². The topological polar surface area (TPSA) is 136 Å². The molecule has 1 fully saturated rings. The highest BCUT2D eigenvalue weighted by atomic mass is 79.9. The Bertz CT molecular complexity index is 1390. The summed E-state index contributed by atoms with van der Waals surface area (Å²) in [5, 5.41) is 5.45. The zero-order valence-corrected chi connectivity index (χ0v) is 19.1. The van der Waals surface area contributed by atoms with Crippen LogP contribution in [0, 0.1) is 0 Å². The minimum absolute atomic E-state index is 0.367. The molecular weight excluding hydrogens is 488 g/mol. The summed E-state index contributed by atoms with van der Waals surface area (Å²) in [5.74, 6) is 0.428. The summed E-state index contributed by atoms with van der Waals surface area (Å²) in [4.78, 5) is 35.9. The van der Waals surface area contributed by atoms with Gasteiger partial charge in [0.05, 0.1) is 21.9 Å². The molecule has 3 aromatic heterocycles. The lowest BCUT2D eigenvalue weighted by atomic mass is 10.1. The number of halogens is 1. The predicted molar refractivity (Wildman–Crippen MR) is 127 cm³/mol. The largest absolute Gasteiger partial charge is 0.383 e. The van der Waals surface area contributed by atoms with E-state index in [0.717, 1.165) is 28.3 Å². The molecule has 1 aliphatic heterocycles. The van der Waals surface area contributed by atoms with Gasteiger partial charge in [0.2, 0.25) is 0 Å².